The Bertz CT molecular complexity index is 788. The number of nitrogens with zero attached hydrogens (tertiary/aromatic N) is 4. The van der Waals surface area contributed by atoms with Crippen LogP contribution < -0.4 is 5.32 Å². The molecule has 0 aliphatic carbocycles. The zero-order valence-corrected chi connectivity index (χ0v) is 15.3. The lowest BCUT2D eigenvalue weighted by molar-refractivity contribution is 0.222. The SMILES string of the molecule is CC(Nc1ccc(S(=O)(=O)N2CCN(C)CC2)cn1)c1ccccn1. The number of anilines is 1. The smallest absolute Gasteiger partial charge is 0.244 e. The van der Waals surface area contributed by atoms with Gasteiger partial charge in [0.2, 0.25) is 10.0 Å². The molecule has 1 aliphatic heterocycles. The van der Waals surface area contributed by atoms with Gasteiger partial charge in [-0.05, 0) is 38.2 Å². The molecule has 1 fully saturated rings. The molecule has 1 atom stereocenters. The van der Waals surface area contributed by atoms with Gasteiger partial charge in [0.15, 0.2) is 0 Å². The molecule has 2 aromatic heterocycles. The second kappa shape index (κ2) is 7.47. The zero-order valence-electron chi connectivity index (χ0n) is 14.5. The average molecular weight is 361 g/mol. The van der Waals surface area contributed by atoms with E-state index in [1.165, 1.54) is 10.5 Å². The van der Waals surface area contributed by atoms with Crippen LogP contribution in [-0.4, -0.2) is 60.8 Å². The summed E-state index contributed by atoms with van der Waals surface area (Å²) in [5.41, 5.74) is 0.901. The van der Waals surface area contributed by atoms with E-state index < -0.39 is 10.0 Å². The molecule has 3 heterocycles. The van der Waals surface area contributed by atoms with Crippen molar-refractivity contribution < 1.29 is 8.42 Å². The van der Waals surface area contributed by atoms with Crippen molar-refractivity contribution in [3.8, 4) is 0 Å². The summed E-state index contributed by atoms with van der Waals surface area (Å²) in [5, 5.41) is 3.23. The van der Waals surface area contributed by atoms with Crippen LogP contribution in [0.5, 0.6) is 0 Å². The average Bonchev–Trinajstić information content (AvgIpc) is 2.63. The Balaban J connectivity index is 1.69. The molecule has 1 aliphatic rings. The van der Waals surface area contributed by atoms with Gasteiger partial charge in [0, 0.05) is 38.6 Å². The Hall–Kier alpha value is -2.03. The fourth-order valence-electron chi connectivity index (χ4n) is 2.72. The second-order valence-corrected chi connectivity index (χ2v) is 8.15. The van der Waals surface area contributed by atoms with Gasteiger partial charge in [0.25, 0.3) is 0 Å². The molecule has 1 saturated heterocycles. The number of sulfonamides is 1. The van der Waals surface area contributed by atoms with Crippen LogP contribution >= 0.6 is 0 Å². The predicted octanol–water partition coefficient (Wildman–Crippen LogP) is 1.59. The van der Waals surface area contributed by atoms with Crippen molar-refractivity contribution in [1.82, 2.24) is 19.2 Å². The summed E-state index contributed by atoms with van der Waals surface area (Å²) in [5.74, 6) is 0.621. The van der Waals surface area contributed by atoms with E-state index in [2.05, 4.69) is 20.2 Å². The Morgan fingerprint density at radius 2 is 1.84 bits per heavy atom. The van der Waals surface area contributed by atoms with Gasteiger partial charge in [-0.3, -0.25) is 4.98 Å². The minimum absolute atomic E-state index is 0.0196. The van der Waals surface area contributed by atoms with Gasteiger partial charge in [-0.1, -0.05) is 6.07 Å². The summed E-state index contributed by atoms with van der Waals surface area (Å²) in [6.07, 6.45) is 3.16. The van der Waals surface area contributed by atoms with Gasteiger partial charge in [-0.25, -0.2) is 13.4 Å². The number of rotatable bonds is 5. The van der Waals surface area contributed by atoms with Crippen molar-refractivity contribution in [1.29, 1.82) is 0 Å². The van der Waals surface area contributed by atoms with Crippen LogP contribution in [0.15, 0.2) is 47.6 Å². The highest BCUT2D eigenvalue weighted by atomic mass is 32.2. The van der Waals surface area contributed by atoms with Crippen molar-refractivity contribution in [2.75, 3.05) is 38.5 Å². The molecule has 0 bridgehead atoms. The minimum atomic E-state index is -3.48. The van der Waals surface area contributed by atoms with Crippen LogP contribution in [0.4, 0.5) is 5.82 Å². The van der Waals surface area contributed by atoms with Gasteiger partial charge >= 0.3 is 0 Å². The summed E-state index contributed by atoms with van der Waals surface area (Å²) in [4.78, 5) is 10.9. The highest BCUT2D eigenvalue weighted by molar-refractivity contribution is 7.89. The number of likely N-dealkylation sites (N-methyl/N-ethyl adjacent to an activating group) is 1. The molecular formula is C17H23N5O2S. The van der Waals surface area contributed by atoms with Crippen LogP contribution in [0.2, 0.25) is 0 Å². The van der Waals surface area contributed by atoms with Crippen LogP contribution in [0, 0.1) is 0 Å². The predicted molar refractivity (Wildman–Crippen MR) is 96.8 cm³/mol. The van der Waals surface area contributed by atoms with Gasteiger partial charge in [0.1, 0.15) is 10.7 Å². The molecule has 0 aromatic carbocycles. The fraction of sp³-hybridized carbons (Fsp3) is 0.412. The van der Waals surface area contributed by atoms with E-state index in [0.717, 1.165) is 18.8 Å². The maximum Gasteiger partial charge on any atom is 0.244 e. The Labute approximate surface area is 148 Å². The quantitative estimate of drug-likeness (QED) is 0.871. The maximum absolute atomic E-state index is 12.7. The third-order valence-corrected chi connectivity index (χ3v) is 6.21. The number of hydrogen-bond acceptors (Lipinski definition) is 6. The van der Waals surface area contributed by atoms with Gasteiger partial charge in [-0.2, -0.15) is 4.31 Å². The first-order valence-electron chi connectivity index (χ1n) is 8.29. The number of hydrogen-bond donors (Lipinski definition) is 1. The fourth-order valence-corrected chi connectivity index (χ4v) is 4.09. The van der Waals surface area contributed by atoms with Crippen molar-refractivity contribution in [3.63, 3.8) is 0 Å². The van der Waals surface area contributed by atoms with E-state index in [9.17, 15) is 8.42 Å². The molecule has 0 radical (unpaired) electrons. The minimum Gasteiger partial charge on any atom is -0.362 e. The van der Waals surface area contributed by atoms with Gasteiger partial charge in [-0.15, -0.1) is 0 Å². The number of pyridine rings is 2. The van der Waals surface area contributed by atoms with E-state index in [-0.39, 0.29) is 10.9 Å². The Morgan fingerprint density at radius 1 is 1.08 bits per heavy atom. The lowest BCUT2D eigenvalue weighted by atomic mass is 10.2. The van der Waals surface area contributed by atoms with Gasteiger partial charge in [0.05, 0.1) is 11.7 Å². The molecule has 7 nitrogen and oxygen atoms in total. The largest absolute Gasteiger partial charge is 0.362 e. The molecule has 1 unspecified atom stereocenters. The number of aromatic nitrogens is 2. The summed E-state index contributed by atoms with van der Waals surface area (Å²) < 4.78 is 26.9. The first-order chi connectivity index (χ1) is 12.0. The number of piperazine rings is 1. The zero-order chi connectivity index (χ0) is 17.9. The van der Waals surface area contributed by atoms with Crippen LogP contribution in [0.25, 0.3) is 0 Å². The molecule has 1 N–H and O–H groups in total. The standard InChI is InChI=1S/C17H23N5O2S/c1-14(16-5-3-4-8-18-16)20-17-7-6-15(13-19-17)25(23,24)22-11-9-21(2)10-12-22/h3-8,13-14H,9-12H2,1-2H3,(H,19,20). The normalized spacial score (nSPS) is 18.0. The third-order valence-electron chi connectivity index (χ3n) is 4.33. The van der Waals surface area contributed by atoms with Crippen molar-refractivity contribution >= 4 is 15.8 Å². The van der Waals surface area contributed by atoms with E-state index >= 15 is 0 Å². The summed E-state index contributed by atoms with van der Waals surface area (Å²) in [7, 11) is -1.48. The third kappa shape index (κ3) is 4.15. The first kappa shape index (κ1) is 17.8. The summed E-state index contributed by atoms with van der Waals surface area (Å²) in [6.45, 7) is 4.49. The molecule has 8 heteroatoms. The van der Waals surface area contributed by atoms with Crippen LogP contribution in [0.3, 0.4) is 0 Å². The molecule has 134 valence electrons. The van der Waals surface area contributed by atoms with Crippen molar-refractivity contribution in [3.05, 3.63) is 48.4 Å². The number of nitrogens with one attached hydrogen (secondary N) is 1. The molecule has 2 aromatic rings. The van der Waals surface area contributed by atoms with E-state index in [4.69, 9.17) is 0 Å². The van der Waals surface area contributed by atoms with Crippen LogP contribution in [-0.2, 0) is 10.0 Å². The summed E-state index contributed by atoms with van der Waals surface area (Å²) in [6, 6.07) is 9.01. The highest BCUT2D eigenvalue weighted by Gasteiger charge is 2.27. The van der Waals surface area contributed by atoms with E-state index in [1.54, 1.807) is 18.3 Å². The molecule has 0 saturated carbocycles. The Kier molecular flexibility index (Phi) is 5.31. The molecule has 3 rings (SSSR count). The molecular weight excluding hydrogens is 338 g/mol. The maximum atomic E-state index is 12.7. The second-order valence-electron chi connectivity index (χ2n) is 6.21. The summed E-state index contributed by atoms with van der Waals surface area (Å²) >= 11 is 0. The monoisotopic (exact) mass is 361 g/mol. The topological polar surface area (TPSA) is 78.4 Å². The highest BCUT2D eigenvalue weighted by Crippen LogP contribution is 2.20. The molecule has 0 amide bonds. The van der Waals surface area contributed by atoms with Gasteiger partial charge < -0.3 is 10.2 Å². The lowest BCUT2D eigenvalue weighted by Crippen LogP contribution is -2.47. The van der Waals surface area contributed by atoms with E-state index in [1.807, 2.05) is 32.2 Å². The van der Waals surface area contributed by atoms with Crippen LogP contribution in [0.1, 0.15) is 18.7 Å². The Morgan fingerprint density at radius 3 is 2.44 bits per heavy atom. The van der Waals surface area contributed by atoms with Crippen molar-refractivity contribution in [2.24, 2.45) is 0 Å². The first-order valence-corrected chi connectivity index (χ1v) is 9.73. The van der Waals surface area contributed by atoms with Crippen molar-refractivity contribution in [2.45, 2.75) is 17.9 Å². The molecule has 25 heavy (non-hydrogen) atoms. The molecule has 0 spiro atoms. The van der Waals surface area contributed by atoms with E-state index in [0.29, 0.717) is 18.9 Å². The lowest BCUT2D eigenvalue weighted by Gasteiger charge is -2.31.